The Labute approximate surface area is 132 Å². The minimum Gasteiger partial charge on any atom is -0.384 e. The molecule has 0 saturated carbocycles. The van der Waals surface area contributed by atoms with Gasteiger partial charge in [0.1, 0.15) is 5.82 Å². The van der Waals surface area contributed by atoms with Gasteiger partial charge in [-0.3, -0.25) is 0 Å². The summed E-state index contributed by atoms with van der Waals surface area (Å²) in [6, 6.07) is 3.99. The van der Waals surface area contributed by atoms with Gasteiger partial charge in [-0.15, -0.1) is 0 Å². The highest BCUT2D eigenvalue weighted by molar-refractivity contribution is 6.31. The van der Waals surface area contributed by atoms with Gasteiger partial charge >= 0.3 is 0 Å². The van der Waals surface area contributed by atoms with Gasteiger partial charge in [0.2, 0.25) is 0 Å². The molecule has 1 fully saturated rings. The molecule has 0 aromatic carbocycles. The molecule has 5 heteroatoms. The maximum absolute atomic E-state index is 6.25. The molecule has 1 aliphatic rings. The Hall–Kier alpha value is -0.840. The Morgan fingerprint density at radius 1 is 1.48 bits per heavy atom. The molecule has 2 heterocycles. The SMILES string of the molecule is CCCNCc1nc(N2CCCC(COC)C2)ccc1Cl. The molecule has 1 aliphatic heterocycles. The number of halogens is 1. The van der Waals surface area contributed by atoms with E-state index >= 15 is 0 Å². The summed E-state index contributed by atoms with van der Waals surface area (Å²) < 4.78 is 5.30. The summed E-state index contributed by atoms with van der Waals surface area (Å²) in [5.41, 5.74) is 0.941. The third-order valence-electron chi connectivity index (χ3n) is 3.87. The molecule has 118 valence electrons. The number of hydrogen-bond acceptors (Lipinski definition) is 4. The Balaban J connectivity index is 2.03. The van der Waals surface area contributed by atoms with Crippen LogP contribution >= 0.6 is 11.6 Å². The lowest BCUT2D eigenvalue weighted by molar-refractivity contribution is 0.143. The van der Waals surface area contributed by atoms with Gasteiger partial charge in [-0.2, -0.15) is 0 Å². The minimum atomic E-state index is 0.600. The molecule has 1 aromatic heterocycles. The van der Waals surface area contributed by atoms with E-state index in [1.807, 2.05) is 12.1 Å². The zero-order chi connectivity index (χ0) is 15.1. The molecule has 0 aliphatic carbocycles. The first-order valence-corrected chi connectivity index (χ1v) is 8.22. The van der Waals surface area contributed by atoms with Crippen LogP contribution in [0.5, 0.6) is 0 Å². The predicted octanol–water partition coefficient (Wildman–Crippen LogP) is 3.10. The Morgan fingerprint density at radius 2 is 2.33 bits per heavy atom. The number of anilines is 1. The van der Waals surface area contributed by atoms with Gasteiger partial charge in [0.25, 0.3) is 0 Å². The Bertz CT molecular complexity index is 440. The predicted molar refractivity (Wildman–Crippen MR) is 88.1 cm³/mol. The second-order valence-electron chi connectivity index (χ2n) is 5.68. The van der Waals surface area contributed by atoms with E-state index in [-0.39, 0.29) is 0 Å². The monoisotopic (exact) mass is 311 g/mol. The third kappa shape index (κ3) is 4.83. The summed E-state index contributed by atoms with van der Waals surface area (Å²) in [6.45, 7) is 6.79. The molecule has 1 unspecified atom stereocenters. The first kappa shape index (κ1) is 16.5. The van der Waals surface area contributed by atoms with Gasteiger partial charge in [-0.25, -0.2) is 4.98 Å². The van der Waals surface area contributed by atoms with Crippen molar-refractivity contribution in [2.75, 3.05) is 38.3 Å². The minimum absolute atomic E-state index is 0.600. The number of aromatic nitrogens is 1. The second-order valence-corrected chi connectivity index (χ2v) is 6.09. The fourth-order valence-corrected chi connectivity index (χ4v) is 2.97. The average molecular weight is 312 g/mol. The fraction of sp³-hybridized carbons (Fsp3) is 0.688. The summed E-state index contributed by atoms with van der Waals surface area (Å²) in [5.74, 6) is 1.64. The zero-order valence-electron chi connectivity index (χ0n) is 13.1. The lowest BCUT2D eigenvalue weighted by Gasteiger charge is -2.33. The van der Waals surface area contributed by atoms with Crippen LogP contribution in [0.25, 0.3) is 0 Å². The molecule has 1 aromatic rings. The van der Waals surface area contributed by atoms with E-state index in [0.717, 1.165) is 55.7 Å². The van der Waals surface area contributed by atoms with Crippen molar-refractivity contribution in [3.63, 3.8) is 0 Å². The van der Waals surface area contributed by atoms with Gasteiger partial charge in [-0.1, -0.05) is 18.5 Å². The van der Waals surface area contributed by atoms with E-state index in [0.29, 0.717) is 5.92 Å². The molecular weight excluding hydrogens is 286 g/mol. The van der Waals surface area contributed by atoms with E-state index < -0.39 is 0 Å². The number of nitrogens with one attached hydrogen (secondary N) is 1. The molecule has 1 N–H and O–H groups in total. The molecule has 0 amide bonds. The van der Waals surface area contributed by atoms with Crippen molar-refractivity contribution in [2.24, 2.45) is 5.92 Å². The second kappa shape index (κ2) is 8.57. The van der Waals surface area contributed by atoms with E-state index in [1.165, 1.54) is 12.8 Å². The smallest absolute Gasteiger partial charge is 0.128 e. The van der Waals surface area contributed by atoms with Crippen molar-refractivity contribution in [1.29, 1.82) is 0 Å². The lowest BCUT2D eigenvalue weighted by atomic mass is 9.99. The molecular formula is C16H26ClN3O. The lowest BCUT2D eigenvalue weighted by Crippen LogP contribution is -2.37. The molecule has 21 heavy (non-hydrogen) atoms. The summed E-state index contributed by atoms with van der Waals surface area (Å²) in [5, 5.41) is 4.11. The first-order valence-electron chi connectivity index (χ1n) is 7.84. The third-order valence-corrected chi connectivity index (χ3v) is 4.21. The summed E-state index contributed by atoms with van der Waals surface area (Å²) in [7, 11) is 1.77. The number of pyridine rings is 1. The maximum atomic E-state index is 6.25. The number of nitrogens with zero attached hydrogens (tertiary/aromatic N) is 2. The topological polar surface area (TPSA) is 37.4 Å². The highest BCUT2D eigenvalue weighted by Crippen LogP contribution is 2.24. The molecule has 1 saturated heterocycles. The summed E-state index contributed by atoms with van der Waals surface area (Å²) in [4.78, 5) is 7.11. The molecule has 1 atom stereocenters. The largest absolute Gasteiger partial charge is 0.384 e. The van der Waals surface area contributed by atoms with Gasteiger partial charge in [0.05, 0.1) is 17.3 Å². The number of rotatable bonds is 7. The average Bonchev–Trinajstić information content (AvgIpc) is 2.50. The molecule has 4 nitrogen and oxygen atoms in total. The quantitative estimate of drug-likeness (QED) is 0.785. The number of hydrogen-bond donors (Lipinski definition) is 1. The number of piperidine rings is 1. The van der Waals surface area contributed by atoms with Crippen LogP contribution in [0, 0.1) is 5.92 Å². The van der Waals surface area contributed by atoms with Crippen LogP contribution in [0.3, 0.4) is 0 Å². The number of ether oxygens (including phenoxy) is 1. The van der Waals surface area contributed by atoms with Crippen molar-refractivity contribution in [1.82, 2.24) is 10.3 Å². The standard InChI is InChI=1S/C16H26ClN3O/c1-3-8-18-10-15-14(17)6-7-16(19-15)20-9-4-5-13(11-20)12-21-2/h6-7,13,18H,3-5,8-12H2,1-2H3. The summed E-state index contributed by atoms with van der Waals surface area (Å²) in [6.07, 6.45) is 3.55. The van der Waals surface area contributed by atoms with Crippen LogP contribution in [-0.4, -0.2) is 38.3 Å². The van der Waals surface area contributed by atoms with E-state index in [4.69, 9.17) is 21.3 Å². The van der Waals surface area contributed by atoms with Crippen molar-refractivity contribution < 1.29 is 4.74 Å². The van der Waals surface area contributed by atoms with Gasteiger partial charge in [0, 0.05) is 26.7 Å². The van der Waals surface area contributed by atoms with E-state index in [2.05, 4.69) is 17.1 Å². The first-order chi connectivity index (χ1) is 10.2. The fourth-order valence-electron chi connectivity index (χ4n) is 2.80. The molecule has 0 spiro atoms. The van der Waals surface area contributed by atoms with Crippen LogP contribution in [0.4, 0.5) is 5.82 Å². The summed E-state index contributed by atoms with van der Waals surface area (Å²) >= 11 is 6.25. The maximum Gasteiger partial charge on any atom is 0.128 e. The zero-order valence-corrected chi connectivity index (χ0v) is 13.8. The van der Waals surface area contributed by atoms with Crippen LogP contribution < -0.4 is 10.2 Å². The van der Waals surface area contributed by atoms with Crippen molar-refractivity contribution in [3.05, 3.63) is 22.8 Å². The van der Waals surface area contributed by atoms with Gasteiger partial charge in [-0.05, 0) is 43.9 Å². The Morgan fingerprint density at radius 3 is 3.10 bits per heavy atom. The van der Waals surface area contributed by atoms with E-state index in [9.17, 15) is 0 Å². The van der Waals surface area contributed by atoms with E-state index in [1.54, 1.807) is 7.11 Å². The number of methoxy groups -OCH3 is 1. The highest BCUT2D eigenvalue weighted by Gasteiger charge is 2.21. The van der Waals surface area contributed by atoms with Crippen LogP contribution in [0.1, 0.15) is 31.9 Å². The van der Waals surface area contributed by atoms with Crippen LogP contribution in [0.2, 0.25) is 5.02 Å². The van der Waals surface area contributed by atoms with Crippen molar-refractivity contribution in [2.45, 2.75) is 32.7 Å². The van der Waals surface area contributed by atoms with Crippen molar-refractivity contribution in [3.8, 4) is 0 Å². The molecule has 0 bridgehead atoms. The Kier molecular flexibility index (Phi) is 6.74. The molecule has 0 radical (unpaired) electrons. The van der Waals surface area contributed by atoms with Crippen molar-refractivity contribution >= 4 is 17.4 Å². The normalized spacial score (nSPS) is 19.0. The van der Waals surface area contributed by atoms with Crippen LogP contribution in [0.15, 0.2) is 12.1 Å². The molecule has 2 rings (SSSR count). The van der Waals surface area contributed by atoms with Gasteiger partial charge < -0.3 is 15.0 Å². The highest BCUT2D eigenvalue weighted by atomic mass is 35.5. The van der Waals surface area contributed by atoms with Gasteiger partial charge in [0.15, 0.2) is 0 Å². The van der Waals surface area contributed by atoms with Crippen LogP contribution in [-0.2, 0) is 11.3 Å².